The first-order valence-electron chi connectivity index (χ1n) is 6.76. The van der Waals surface area contributed by atoms with Gasteiger partial charge in [-0.3, -0.25) is 0 Å². The summed E-state index contributed by atoms with van der Waals surface area (Å²) in [6, 6.07) is 14.5. The van der Waals surface area contributed by atoms with Crippen LogP contribution in [0.3, 0.4) is 0 Å². The zero-order valence-electron chi connectivity index (χ0n) is 11.9. The Balaban J connectivity index is 1.89. The van der Waals surface area contributed by atoms with Crippen molar-refractivity contribution in [1.82, 2.24) is 5.32 Å². The number of ether oxygens (including phenoxy) is 1. The zero-order chi connectivity index (χ0) is 15.1. The van der Waals surface area contributed by atoms with Gasteiger partial charge < -0.3 is 10.1 Å². The summed E-state index contributed by atoms with van der Waals surface area (Å²) >= 11 is 0. The van der Waals surface area contributed by atoms with E-state index in [4.69, 9.17) is 10.00 Å². The molecule has 0 aliphatic rings. The lowest BCUT2D eigenvalue weighted by Crippen LogP contribution is -2.18. The Bertz CT molecular complexity index is 649. The van der Waals surface area contributed by atoms with Crippen LogP contribution in [0, 0.1) is 17.1 Å². The molecule has 1 N–H and O–H groups in total. The van der Waals surface area contributed by atoms with Crippen LogP contribution in [0.4, 0.5) is 4.39 Å². The molecule has 0 atom stereocenters. The number of para-hydroxylation sites is 1. The molecule has 0 heterocycles. The van der Waals surface area contributed by atoms with Gasteiger partial charge in [0, 0.05) is 12.1 Å². The summed E-state index contributed by atoms with van der Waals surface area (Å²) < 4.78 is 19.1. The lowest BCUT2D eigenvalue weighted by molar-refractivity contribution is 0.409. The third-order valence-electron chi connectivity index (χ3n) is 3.28. The second-order valence-corrected chi connectivity index (χ2v) is 4.63. The molecule has 0 aromatic heterocycles. The molecule has 0 bridgehead atoms. The van der Waals surface area contributed by atoms with E-state index in [0.717, 1.165) is 17.7 Å². The fourth-order valence-electron chi connectivity index (χ4n) is 2.16. The maximum absolute atomic E-state index is 13.9. The molecule has 0 spiro atoms. The van der Waals surface area contributed by atoms with Crippen LogP contribution in [0.5, 0.6) is 5.75 Å². The monoisotopic (exact) mass is 284 g/mol. The summed E-state index contributed by atoms with van der Waals surface area (Å²) in [5.74, 6) is 0.418. The predicted octanol–water partition coefficient (Wildman–Crippen LogP) is 3.04. The maximum atomic E-state index is 13.9. The number of hydrogen-bond donors (Lipinski definition) is 1. The molecule has 0 radical (unpaired) electrons. The van der Waals surface area contributed by atoms with Gasteiger partial charge in [0.2, 0.25) is 0 Å². The molecular formula is C17H17FN2O. The lowest BCUT2D eigenvalue weighted by atomic mass is 10.1. The quantitative estimate of drug-likeness (QED) is 0.829. The Hall–Kier alpha value is -2.38. The van der Waals surface area contributed by atoms with Crippen LogP contribution in [-0.4, -0.2) is 13.7 Å². The van der Waals surface area contributed by atoms with Crippen molar-refractivity contribution in [2.45, 2.75) is 13.0 Å². The number of nitriles is 1. The summed E-state index contributed by atoms with van der Waals surface area (Å²) in [5.41, 5.74) is 1.70. The van der Waals surface area contributed by atoms with E-state index in [0.29, 0.717) is 18.7 Å². The van der Waals surface area contributed by atoms with E-state index in [9.17, 15) is 4.39 Å². The summed E-state index contributed by atoms with van der Waals surface area (Å²) in [4.78, 5) is 0. The highest BCUT2D eigenvalue weighted by Crippen LogP contribution is 2.17. The third-order valence-corrected chi connectivity index (χ3v) is 3.28. The maximum Gasteiger partial charge on any atom is 0.145 e. The van der Waals surface area contributed by atoms with Gasteiger partial charge in [-0.05, 0) is 30.7 Å². The number of methoxy groups -OCH3 is 1. The highest BCUT2D eigenvalue weighted by molar-refractivity contribution is 5.35. The first-order valence-corrected chi connectivity index (χ1v) is 6.76. The van der Waals surface area contributed by atoms with E-state index in [-0.39, 0.29) is 5.56 Å². The molecule has 0 aliphatic carbocycles. The average Bonchev–Trinajstić information content (AvgIpc) is 2.53. The van der Waals surface area contributed by atoms with Gasteiger partial charge >= 0.3 is 0 Å². The highest BCUT2D eigenvalue weighted by atomic mass is 19.1. The molecule has 108 valence electrons. The molecule has 0 saturated carbocycles. The first-order chi connectivity index (χ1) is 10.3. The fraction of sp³-hybridized carbons (Fsp3) is 0.235. The number of benzene rings is 2. The van der Waals surface area contributed by atoms with E-state index in [1.165, 1.54) is 6.07 Å². The number of halogens is 1. The molecule has 0 aliphatic heterocycles. The topological polar surface area (TPSA) is 45.0 Å². The second-order valence-electron chi connectivity index (χ2n) is 4.63. The molecule has 2 rings (SSSR count). The van der Waals surface area contributed by atoms with Crippen molar-refractivity contribution in [3.05, 3.63) is 65.0 Å². The predicted molar refractivity (Wildman–Crippen MR) is 79.5 cm³/mol. The van der Waals surface area contributed by atoms with E-state index in [2.05, 4.69) is 5.32 Å². The van der Waals surface area contributed by atoms with E-state index < -0.39 is 5.82 Å². The summed E-state index contributed by atoms with van der Waals surface area (Å²) in [6.45, 7) is 1.10. The Kier molecular flexibility index (Phi) is 5.30. The van der Waals surface area contributed by atoms with Gasteiger partial charge in [-0.2, -0.15) is 5.26 Å². The number of nitrogens with one attached hydrogen (secondary N) is 1. The fourth-order valence-corrected chi connectivity index (χ4v) is 2.16. The largest absolute Gasteiger partial charge is 0.496 e. The summed E-state index contributed by atoms with van der Waals surface area (Å²) in [5, 5.41) is 12.0. The molecule has 0 amide bonds. The molecule has 2 aromatic rings. The SMILES string of the molecule is COc1ccccc1CCNCc1cccc(C#N)c1F. The van der Waals surface area contributed by atoms with Crippen LogP contribution in [0.15, 0.2) is 42.5 Å². The van der Waals surface area contributed by atoms with Gasteiger partial charge in [0.1, 0.15) is 17.6 Å². The Morgan fingerprint density at radius 2 is 1.90 bits per heavy atom. The van der Waals surface area contributed by atoms with Gasteiger partial charge in [-0.15, -0.1) is 0 Å². The van der Waals surface area contributed by atoms with Crippen molar-refractivity contribution in [3.63, 3.8) is 0 Å². The Morgan fingerprint density at radius 3 is 2.67 bits per heavy atom. The minimum atomic E-state index is -0.440. The third kappa shape index (κ3) is 3.80. The molecule has 3 nitrogen and oxygen atoms in total. The van der Waals surface area contributed by atoms with Crippen LogP contribution in [0.2, 0.25) is 0 Å². The van der Waals surface area contributed by atoms with Crippen LogP contribution >= 0.6 is 0 Å². The van der Waals surface area contributed by atoms with Crippen LogP contribution in [0.25, 0.3) is 0 Å². The molecule has 0 saturated heterocycles. The van der Waals surface area contributed by atoms with Crippen LogP contribution in [-0.2, 0) is 13.0 Å². The molecule has 0 unspecified atom stereocenters. The van der Waals surface area contributed by atoms with Crippen molar-refractivity contribution in [2.24, 2.45) is 0 Å². The van der Waals surface area contributed by atoms with Crippen LogP contribution in [0.1, 0.15) is 16.7 Å². The Labute approximate surface area is 124 Å². The minimum absolute atomic E-state index is 0.0824. The number of nitrogens with zero attached hydrogens (tertiary/aromatic N) is 1. The first kappa shape index (κ1) is 15.0. The smallest absolute Gasteiger partial charge is 0.145 e. The van der Waals surface area contributed by atoms with E-state index >= 15 is 0 Å². The standard InChI is InChI=1S/C17H17FN2O/c1-21-16-8-3-2-5-13(16)9-10-20-12-15-7-4-6-14(11-19)17(15)18/h2-8,20H,9-10,12H2,1H3. The number of rotatable bonds is 6. The molecule has 21 heavy (non-hydrogen) atoms. The number of hydrogen-bond acceptors (Lipinski definition) is 3. The minimum Gasteiger partial charge on any atom is -0.496 e. The molecular weight excluding hydrogens is 267 g/mol. The van der Waals surface area contributed by atoms with Crippen molar-refractivity contribution < 1.29 is 9.13 Å². The Morgan fingerprint density at radius 1 is 1.14 bits per heavy atom. The zero-order valence-corrected chi connectivity index (χ0v) is 11.9. The van der Waals surface area contributed by atoms with Crippen molar-refractivity contribution >= 4 is 0 Å². The van der Waals surface area contributed by atoms with Crippen molar-refractivity contribution in [3.8, 4) is 11.8 Å². The van der Waals surface area contributed by atoms with E-state index in [1.807, 2.05) is 30.3 Å². The van der Waals surface area contributed by atoms with Gasteiger partial charge in [0.15, 0.2) is 0 Å². The van der Waals surface area contributed by atoms with E-state index in [1.54, 1.807) is 19.2 Å². The average molecular weight is 284 g/mol. The normalized spacial score (nSPS) is 10.1. The summed E-state index contributed by atoms with van der Waals surface area (Å²) in [6.07, 6.45) is 0.795. The molecule has 0 fully saturated rings. The van der Waals surface area contributed by atoms with Crippen molar-refractivity contribution in [2.75, 3.05) is 13.7 Å². The molecule has 2 aromatic carbocycles. The van der Waals surface area contributed by atoms with Gasteiger partial charge in [0.25, 0.3) is 0 Å². The highest BCUT2D eigenvalue weighted by Gasteiger charge is 2.07. The van der Waals surface area contributed by atoms with Gasteiger partial charge in [-0.25, -0.2) is 4.39 Å². The summed E-state index contributed by atoms with van der Waals surface area (Å²) in [7, 11) is 1.65. The molecule has 4 heteroatoms. The van der Waals surface area contributed by atoms with Crippen LogP contribution < -0.4 is 10.1 Å². The lowest BCUT2D eigenvalue weighted by Gasteiger charge is -2.09. The van der Waals surface area contributed by atoms with Crippen molar-refractivity contribution in [1.29, 1.82) is 5.26 Å². The van der Waals surface area contributed by atoms with Gasteiger partial charge in [0.05, 0.1) is 12.7 Å². The van der Waals surface area contributed by atoms with Gasteiger partial charge in [-0.1, -0.05) is 30.3 Å². The second kappa shape index (κ2) is 7.41.